The fraction of sp³-hybridized carbons (Fsp3) is 0.409. The fourth-order valence-electron chi connectivity index (χ4n) is 4.23. The summed E-state index contributed by atoms with van der Waals surface area (Å²) in [6.45, 7) is 5.20. The zero-order valence-corrected chi connectivity index (χ0v) is 16.4. The van der Waals surface area contributed by atoms with Crippen LogP contribution >= 0.6 is 0 Å². The molecule has 0 aliphatic carbocycles. The predicted molar refractivity (Wildman–Crippen MR) is 109 cm³/mol. The molecule has 2 aliphatic rings. The lowest BCUT2D eigenvalue weighted by Gasteiger charge is -2.38. The predicted octanol–water partition coefficient (Wildman–Crippen LogP) is 3.60. The van der Waals surface area contributed by atoms with E-state index in [1.165, 1.54) is 0 Å². The summed E-state index contributed by atoms with van der Waals surface area (Å²) in [6.07, 6.45) is 5.60. The van der Waals surface area contributed by atoms with Crippen molar-refractivity contribution in [3.63, 3.8) is 0 Å². The highest BCUT2D eigenvalue weighted by molar-refractivity contribution is 6.13. The number of para-hydroxylation sites is 1. The molecular formula is C22H26N4O2. The molecular weight excluding hydrogens is 352 g/mol. The number of hydrogen-bond donors (Lipinski definition) is 1. The number of benzene rings is 1. The van der Waals surface area contributed by atoms with Crippen molar-refractivity contribution in [2.75, 3.05) is 18.0 Å². The number of carbonyl (C=O) groups excluding carboxylic acids is 2. The van der Waals surface area contributed by atoms with E-state index in [0.29, 0.717) is 25.9 Å². The van der Waals surface area contributed by atoms with Gasteiger partial charge in [-0.2, -0.15) is 0 Å². The summed E-state index contributed by atoms with van der Waals surface area (Å²) in [5.41, 5.74) is 2.21. The van der Waals surface area contributed by atoms with Crippen LogP contribution in [0.3, 0.4) is 0 Å². The molecule has 146 valence electrons. The Morgan fingerprint density at radius 2 is 1.96 bits per heavy atom. The van der Waals surface area contributed by atoms with Crippen molar-refractivity contribution < 1.29 is 9.59 Å². The molecule has 2 aromatic rings. The first-order valence-electron chi connectivity index (χ1n) is 9.96. The van der Waals surface area contributed by atoms with Gasteiger partial charge in [0.2, 0.25) is 5.91 Å². The van der Waals surface area contributed by atoms with E-state index in [1.54, 1.807) is 17.3 Å². The normalized spacial score (nSPS) is 18.9. The minimum atomic E-state index is -0.570. The Hall–Kier alpha value is -2.89. The molecule has 2 aliphatic heterocycles. The Bertz CT molecular complexity index is 875. The van der Waals surface area contributed by atoms with Gasteiger partial charge in [0.05, 0.1) is 23.0 Å². The lowest BCUT2D eigenvalue weighted by molar-refractivity contribution is -0.124. The first-order valence-corrected chi connectivity index (χ1v) is 9.96. The van der Waals surface area contributed by atoms with Crippen molar-refractivity contribution in [3.8, 4) is 0 Å². The summed E-state index contributed by atoms with van der Waals surface area (Å²) in [7, 11) is 0. The zero-order valence-electron chi connectivity index (χ0n) is 16.4. The van der Waals surface area contributed by atoms with E-state index < -0.39 is 5.41 Å². The number of likely N-dealkylation sites (tertiary alicyclic amines) is 1. The Labute approximate surface area is 165 Å². The number of aromatic nitrogens is 1. The molecule has 6 nitrogen and oxygen atoms in total. The largest absolute Gasteiger partial charge is 0.336 e. The van der Waals surface area contributed by atoms with Crippen LogP contribution < -0.4 is 10.2 Å². The molecule has 1 N–H and O–H groups in total. The molecule has 1 aromatic carbocycles. The second-order valence-electron chi connectivity index (χ2n) is 7.70. The van der Waals surface area contributed by atoms with Crippen LogP contribution in [0, 0.1) is 0 Å². The van der Waals surface area contributed by atoms with E-state index in [2.05, 4.69) is 23.3 Å². The van der Waals surface area contributed by atoms with E-state index in [4.69, 9.17) is 0 Å². The average Bonchev–Trinajstić information content (AvgIpc) is 2.97. The molecule has 1 aromatic heterocycles. The number of piperidine rings is 1. The number of urea groups is 1. The van der Waals surface area contributed by atoms with E-state index in [9.17, 15) is 9.59 Å². The van der Waals surface area contributed by atoms with Gasteiger partial charge in [-0.25, -0.2) is 4.79 Å². The molecule has 1 fully saturated rings. The van der Waals surface area contributed by atoms with Crippen molar-refractivity contribution in [1.29, 1.82) is 0 Å². The van der Waals surface area contributed by atoms with Crippen LogP contribution in [0.5, 0.6) is 0 Å². The number of fused-ring (bicyclic) bond motifs is 2. The van der Waals surface area contributed by atoms with Crippen LogP contribution in [-0.4, -0.2) is 41.0 Å². The zero-order chi connectivity index (χ0) is 19.7. The van der Waals surface area contributed by atoms with Crippen molar-refractivity contribution in [3.05, 3.63) is 54.4 Å². The summed E-state index contributed by atoms with van der Waals surface area (Å²) < 4.78 is 0. The van der Waals surface area contributed by atoms with Gasteiger partial charge in [0.15, 0.2) is 0 Å². The molecule has 0 radical (unpaired) electrons. The van der Waals surface area contributed by atoms with Crippen LogP contribution in [0.15, 0.2) is 48.8 Å². The second-order valence-corrected chi connectivity index (χ2v) is 7.70. The highest BCUT2D eigenvalue weighted by atomic mass is 16.2. The van der Waals surface area contributed by atoms with Gasteiger partial charge < -0.3 is 10.2 Å². The van der Waals surface area contributed by atoms with Crippen LogP contribution in [0.2, 0.25) is 0 Å². The van der Waals surface area contributed by atoms with Gasteiger partial charge >= 0.3 is 6.03 Å². The SMILES string of the molecule is CC[C@H](C)NC(=O)N1CCC2(CC1)C(=O)N(c1cccnc1)c1ccccc12. The quantitative estimate of drug-likeness (QED) is 0.887. The van der Waals surface area contributed by atoms with Crippen LogP contribution in [-0.2, 0) is 10.2 Å². The van der Waals surface area contributed by atoms with E-state index in [-0.39, 0.29) is 18.0 Å². The third kappa shape index (κ3) is 2.93. The second kappa shape index (κ2) is 7.26. The highest BCUT2D eigenvalue weighted by Crippen LogP contribution is 2.50. The molecule has 1 saturated heterocycles. The third-order valence-corrected chi connectivity index (χ3v) is 6.06. The first-order chi connectivity index (χ1) is 13.6. The minimum absolute atomic E-state index is 0.0351. The Morgan fingerprint density at radius 3 is 2.64 bits per heavy atom. The molecule has 4 rings (SSSR count). The van der Waals surface area contributed by atoms with Gasteiger partial charge in [0.25, 0.3) is 0 Å². The fourth-order valence-corrected chi connectivity index (χ4v) is 4.23. The first kappa shape index (κ1) is 18.5. The van der Waals surface area contributed by atoms with E-state index in [0.717, 1.165) is 23.4 Å². The molecule has 3 heterocycles. The molecule has 0 saturated carbocycles. The van der Waals surface area contributed by atoms with Crippen LogP contribution in [0.4, 0.5) is 16.2 Å². The number of hydrogen-bond acceptors (Lipinski definition) is 3. The van der Waals surface area contributed by atoms with Crippen LogP contribution in [0.25, 0.3) is 0 Å². The maximum atomic E-state index is 13.6. The molecule has 1 atom stereocenters. The average molecular weight is 378 g/mol. The minimum Gasteiger partial charge on any atom is -0.336 e. The maximum Gasteiger partial charge on any atom is 0.317 e. The molecule has 0 unspecified atom stereocenters. The van der Waals surface area contributed by atoms with Gasteiger partial charge in [-0.05, 0) is 49.9 Å². The smallest absolute Gasteiger partial charge is 0.317 e. The van der Waals surface area contributed by atoms with Gasteiger partial charge in [0.1, 0.15) is 0 Å². The molecule has 1 spiro atoms. The summed E-state index contributed by atoms with van der Waals surface area (Å²) in [5, 5.41) is 3.03. The van der Waals surface area contributed by atoms with Crippen molar-refractivity contribution >= 4 is 23.3 Å². The van der Waals surface area contributed by atoms with Gasteiger partial charge in [-0.1, -0.05) is 25.1 Å². The van der Waals surface area contributed by atoms with E-state index in [1.807, 2.05) is 42.2 Å². The topological polar surface area (TPSA) is 65.5 Å². The number of pyridine rings is 1. The van der Waals surface area contributed by atoms with Gasteiger partial charge in [0, 0.05) is 25.3 Å². The standard InChI is InChI=1S/C22H26N4O2/c1-3-16(2)24-21(28)25-13-10-22(11-14-25)18-8-4-5-9-19(18)26(20(22)27)17-7-6-12-23-15-17/h4-9,12,15-16H,3,10-11,13-14H2,1-2H3,(H,24,28)/t16-/m0/s1. The molecule has 6 heteroatoms. The molecule has 28 heavy (non-hydrogen) atoms. The van der Waals surface area contributed by atoms with Gasteiger partial charge in [-0.15, -0.1) is 0 Å². The molecule has 3 amide bonds. The van der Waals surface area contributed by atoms with Crippen LogP contribution in [0.1, 0.15) is 38.7 Å². The lowest BCUT2D eigenvalue weighted by Crippen LogP contribution is -2.52. The number of amides is 3. The third-order valence-electron chi connectivity index (χ3n) is 6.06. The number of nitrogens with zero attached hydrogens (tertiary/aromatic N) is 3. The number of nitrogens with one attached hydrogen (secondary N) is 1. The number of carbonyl (C=O) groups is 2. The highest BCUT2D eigenvalue weighted by Gasteiger charge is 2.52. The lowest BCUT2D eigenvalue weighted by atomic mass is 9.73. The number of anilines is 2. The Morgan fingerprint density at radius 1 is 1.21 bits per heavy atom. The van der Waals surface area contributed by atoms with Crippen molar-refractivity contribution in [2.24, 2.45) is 0 Å². The van der Waals surface area contributed by atoms with E-state index >= 15 is 0 Å². The summed E-state index contributed by atoms with van der Waals surface area (Å²) in [6, 6.07) is 11.9. The van der Waals surface area contributed by atoms with Crippen molar-refractivity contribution in [2.45, 2.75) is 44.6 Å². The summed E-state index contributed by atoms with van der Waals surface area (Å²) in [5.74, 6) is 0.0867. The Balaban J connectivity index is 1.61. The summed E-state index contributed by atoms with van der Waals surface area (Å²) >= 11 is 0. The Kier molecular flexibility index (Phi) is 4.79. The summed E-state index contributed by atoms with van der Waals surface area (Å²) in [4.78, 5) is 33.9. The monoisotopic (exact) mass is 378 g/mol. The number of rotatable bonds is 3. The maximum absolute atomic E-state index is 13.6. The molecule has 0 bridgehead atoms. The van der Waals surface area contributed by atoms with Gasteiger partial charge in [-0.3, -0.25) is 14.7 Å². The van der Waals surface area contributed by atoms with Crippen molar-refractivity contribution in [1.82, 2.24) is 15.2 Å².